The minimum Gasteiger partial charge on any atom is -0.434 e. The van der Waals surface area contributed by atoms with Crippen LogP contribution in [0.25, 0.3) is 22.2 Å². The largest absolute Gasteiger partial charge is 0.434 e. The van der Waals surface area contributed by atoms with Gasteiger partial charge in [-0.25, -0.2) is 9.37 Å². The molecule has 38 heavy (non-hydrogen) atoms. The fraction of sp³-hybridized carbons (Fsp3) is 0.286. The lowest BCUT2D eigenvalue weighted by Gasteiger charge is -2.24. The van der Waals surface area contributed by atoms with Gasteiger partial charge in [0.15, 0.2) is 0 Å². The lowest BCUT2D eigenvalue weighted by molar-refractivity contribution is -0.0507. The average Bonchev–Trinajstić information content (AvgIpc) is 3.36. The maximum atomic E-state index is 15.6. The zero-order valence-corrected chi connectivity index (χ0v) is 21.6. The number of aromatic nitrogens is 2. The number of hydrogen-bond donors (Lipinski definition) is 0. The molecule has 6 rings (SSSR count). The Bertz CT molecular complexity index is 1800. The van der Waals surface area contributed by atoms with Crippen LogP contribution in [0, 0.1) is 12.7 Å². The molecule has 1 amide bonds. The lowest BCUT2D eigenvalue weighted by Crippen LogP contribution is -2.30. The number of benzene rings is 3. The Hall–Kier alpha value is -3.58. The van der Waals surface area contributed by atoms with Crippen molar-refractivity contribution in [3.05, 3.63) is 76.9 Å². The molecule has 0 fully saturated rings. The molecule has 0 saturated heterocycles. The Morgan fingerprint density at radius 1 is 1.13 bits per heavy atom. The first-order chi connectivity index (χ1) is 19.2. The molecule has 0 saturated carbocycles. The third-order valence-corrected chi connectivity index (χ3v) is 9.04. The van der Waals surface area contributed by atoms with Crippen LogP contribution in [0.3, 0.4) is 0 Å². The summed E-state index contributed by atoms with van der Waals surface area (Å²) >= 11 is 0. The summed E-state index contributed by atoms with van der Waals surface area (Å²) in [4.78, 5) is 19.0. The smallest absolute Gasteiger partial charge is 0.387 e. The maximum Gasteiger partial charge on any atom is 0.387 e. The lowest BCUT2D eigenvalue weighted by atomic mass is 9.97. The summed E-state index contributed by atoms with van der Waals surface area (Å²) in [5.74, 6) is -1.28. The molecule has 3 aromatic carbocycles. The van der Waals surface area contributed by atoms with E-state index in [4.69, 9.17) is 8.85 Å². The summed E-state index contributed by atoms with van der Waals surface area (Å²) < 4.78 is 86.0. The molecular formula is C28H25F3N3O3P. The molecule has 4 aromatic rings. The second kappa shape index (κ2) is 8.46. The van der Waals surface area contributed by atoms with E-state index in [1.807, 2.05) is 0 Å². The van der Waals surface area contributed by atoms with Gasteiger partial charge in [0.2, 0.25) is 0 Å². The molecule has 0 N–H and O–H groups in total. The second-order valence-corrected chi connectivity index (χ2v) is 13.2. The quantitative estimate of drug-likeness (QED) is 0.292. The molecule has 0 unspecified atom stereocenters. The molecular weight excluding hydrogens is 514 g/mol. The second-order valence-electron chi connectivity index (χ2n) is 10.0. The van der Waals surface area contributed by atoms with Crippen molar-refractivity contribution in [3.8, 4) is 16.9 Å². The molecule has 2 atom stereocenters. The zero-order valence-electron chi connectivity index (χ0n) is 23.7. The van der Waals surface area contributed by atoms with E-state index in [1.54, 1.807) is 55.2 Å². The maximum absolute atomic E-state index is 15.6. The van der Waals surface area contributed by atoms with Crippen LogP contribution in [0.15, 0.2) is 48.5 Å². The third-order valence-electron chi connectivity index (χ3n) is 7.40. The Labute approximate surface area is 221 Å². The molecule has 0 spiro atoms. The highest BCUT2D eigenvalue weighted by Gasteiger charge is 2.45. The summed E-state index contributed by atoms with van der Waals surface area (Å²) in [5.41, 5.74) is 2.14. The van der Waals surface area contributed by atoms with Crippen LogP contribution in [0.1, 0.15) is 49.9 Å². The summed E-state index contributed by atoms with van der Waals surface area (Å²) in [6.07, 6.45) is 0.0771. The van der Waals surface area contributed by atoms with Crippen molar-refractivity contribution in [1.29, 1.82) is 0 Å². The van der Waals surface area contributed by atoms with Gasteiger partial charge in [0.05, 0.1) is 23.1 Å². The van der Waals surface area contributed by atoms with Crippen molar-refractivity contribution in [2.24, 2.45) is 0 Å². The number of imidazole rings is 1. The van der Waals surface area contributed by atoms with Crippen molar-refractivity contribution in [2.45, 2.75) is 32.0 Å². The Kier molecular flexibility index (Phi) is 4.76. The van der Waals surface area contributed by atoms with E-state index in [-0.39, 0.29) is 40.2 Å². The van der Waals surface area contributed by atoms with Gasteiger partial charge < -0.3 is 18.8 Å². The molecule has 3 heterocycles. The summed E-state index contributed by atoms with van der Waals surface area (Å²) in [7, 11) is -2.72. The van der Waals surface area contributed by atoms with E-state index in [1.165, 1.54) is 18.2 Å². The molecule has 6 nitrogen and oxygen atoms in total. The van der Waals surface area contributed by atoms with Crippen LogP contribution in [0.5, 0.6) is 5.75 Å². The van der Waals surface area contributed by atoms with Gasteiger partial charge in [-0.3, -0.25) is 4.79 Å². The van der Waals surface area contributed by atoms with Crippen molar-refractivity contribution in [3.63, 3.8) is 0 Å². The topological polar surface area (TPSA) is 64.4 Å². The van der Waals surface area contributed by atoms with Crippen LogP contribution in [-0.2, 0) is 4.57 Å². The van der Waals surface area contributed by atoms with Crippen molar-refractivity contribution in [1.82, 2.24) is 14.5 Å². The van der Waals surface area contributed by atoms with Crippen molar-refractivity contribution >= 4 is 29.4 Å². The van der Waals surface area contributed by atoms with Crippen LogP contribution in [0.2, 0.25) is 0 Å². The van der Waals surface area contributed by atoms with Gasteiger partial charge in [-0.2, -0.15) is 8.78 Å². The van der Waals surface area contributed by atoms with Crippen LogP contribution in [-0.4, -0.2) is 47.3 Å². The number of carbonyl (C=O) groups excluding carboxylic acids is 1. The minimum absolute atomic E-state index is 0.0451. The van der Waals surface area contributed by atoms with Crippen LogP contribution in [0.4, 0.5) is 13.2 Å². The van der Waals surface area contributed by atoms with E-state index in [9.17, 15) is 18.1 Å². The standard InChI is InChI=1S/C28H25F3N3O3P/c1-14-23(38(3,4)36)11-9-16(25(14)29)15-8-10-18-19(12-15)34-20-13-21(26(34)32-18)33(2)27(35)17-6-5-7-22(24(17)20)37-28(30)31/h5-12,20-21,28H,13H2,1-4H3/t20-,21+/m0/s1/i2D3. The number of rotatable bonds is 4. The van der Waals surface area contributed by atoms with Gasteiger partial charge in [0, 0.05) is 39.5 Å². The predicted octanol–water partition coefficient (Wildman–Crippen LogP) is 6.12. The Morgan fingerprint density at radius 2 is 1.92 bits per heavy atom. The number of ether oxygens (including phenoxy) is 1. The van der Waals surface area contributed by atoms with E-state index >= 15 is 4.39 Å². The average molecular weight is 543 g/mol. The van der Waals surface area contributed by atoms with Gasteiger partial charge >= 0.3 is 6.61 Å². The van der Waals surface area contributed by atoms with E-state index in [0.29, 0.717) is 21.9 Å². The zero-order chi connectivity index (χ0) is 29.6. The first-order valence-corrected chi connectivity index (χ1v) is 14.6. The predicted molar refractivity (Wildman–Crippen MR) is 140 cm³/mol. The third kappa shape index (κ3) is 3.59. The van der Waals surface area contributed by atoms with E-state index in [0.717, 1.165) is 4.90 Å². The van der Waals surface area contributed by atoms with E-state index < -0.39 is 44.5 Å². The SMILES string of the molecule is [2H]C([2H])([2H])N1C(=O)c2cccc(OC(F)F)c2[C@@H]2C[C@@H]1c1nc3ccc(-c4ccc(P(C)(C)=O)c(C)c4F)cc3n12. The number of alkyl halides is 2. The highest BCUT2D eigenvalue weighted by Crippen LogP contribution is 2.50. The van der Waals surface area contributed by atoms with Crippen molar-refractivity contribution < 1.29 is 31.4 Å². The molecule has 196 valence electrons. The fourth-order valence-electron chi connectivity index (χ4n) is 5.76. The summed E-state index contributed by atoms with van der Waals surface area (Å²) in [5, 5.41) is 0.452. The molecule has 0 aliphatic carbocycles. The minimum atomic E-state index is -3.17. The number of hydrogen-bond acceptors (Lipinski definition) is 4. The number of carbonyl (C=O) groups is 1. The molecule has 2 aliphatic rings. The normalized spacial score (nSPS) is 20.1. The monoisotopic (exact) mass is 542 g/mol. The van der Waals surface area contributed by atoms with E-state index in [2.05, 4.69) is 4.98 Å². The number of fused-ring (bicyclic) bond motifs is 9. The van der Waals surface area contributed by atoms with Gasteiger partial charge in [0.1, 0.15) is 24.5 Å². The molecule has 10 heteroatoms. The number of amides is 1. The molecule has 1 aromatic heterocycles. The number of nitrogens with zero attached hydrogens (tertiary/aromatic N) is 3. The molecule has 0 radical (unpaired) electrons. The Balaban J connectivity index is 1.60. The summed E-state index contributed by atoms with van der Waals surface area (Å²) in [6, 6.07) is 10.6. The van der Waals surface area contributed by atoms with Crippen LogP contribution >= 0.6 is 7.14 Å². The van der Waals surface area contributed by atoms with Gasteiger partial charge in [-0.15, -0.1) is 0 Å². The van der Waals surface area contributed by atoms with Crippen molar-refractivity contribution in [2.75, 3.05) is 20.3 Å². The molecule has 2 bridgehead atoms. The summed E-state index contributed by atoms with van der Waals surface area (Å²) in [6.45, 7) is -1.28. The van der Waals surface area contributed by atoms with Gasteiger partial charge in [-0.05, 0) is 55.6 Å². The Morgan fingerprint density at radius 3 is 2.63 bits per heavy atom. The highest BCUT2D eigenvalue weighted by atomic mass is 31.2. The van der Waals surface area contributed by atoms with Crippen LogP contribution < -0.4 is 10.0 Å². The highest BCUT2D eigenvalue weighted by molar-refractivity contribution is 7.70. The number of halogens is 3. The molecule has 2 aliphatic heterocycles. The van der Waals surface area contributed by atoms with Gasteiger partial charge in [0.25, 0.3) is 5.91 Å². The first-order valence-electron chi connectivity index (χ1n) is 13.5. The fourth-order valence-corrected chi connectivity index (χ4v) is 7.10. The van der Waals surface area contributed by atoms with Gasteiger partial charge in [-0.1, -0.05) is 24.3 Å². The first kappa shape index (κ1) is 21.4.